The summed E-state index contributed by atoms with van der Waals surface area (Å²) in [5, 5.41) is 3.78. The molecule has 8 heteroatoms. The van der Waals surface area contributed by atoms with Gasteiger partial charge in [-0.15, -0.1) is 0 Å². The van der Waals surface area contributed by atoms with E-state index in [4.69, 9.17) is 21.3 Å². The second-order valence-corrected chi connectivity index (χ2v) is 9.35. The first-order valence-corrected chi connectivity index (χ1v) is 12.0. The number of fused-ring (bicyclic) bond motifs is 1. The molecule has 7 nitrogen and oxygen atoms in total. The molecule has 174 valence electrons. The molecule has 0 bridgehead atoms. The third kappa shape index (κ3) is 5.00. The van der Waals surface area contributed by atoms with Gasteiger partial charge in [0.15, 0.2) is 0 Å². The van der Waals surface area contributed by atoms with Crippen LogP contribution in [0.15, 0.2) is 36.4 Å². The van der Waals surface area contributed by atoms with E-state index in [1.54, 1.807) is 0 Å². The lowest BCUT2D eigenvalue weighted by atomic mass is 10.1. The molecule has 3 heterocycles. The van der Waals surface area contributed by atoms with Crippen molar-refractivity contribution in [2.45, 2.75) is 13.3 Å². The normalized spacial score (nSPS) is 19.3. The van der Waals surface area contributed by atoms with Crippen LogP contribution in [0, 0.1) is 12.8 Å². The van der Waals surface area contributed by atoms with Gasteiger partial charge in [0.2, 0.25) is 5.91 Å². The van der Waals surface area contributed by atoms with Crippen LogP contribution in [0.1, 0.15) is 12.0 Å². The maximum absolute atomic E-state index is 12.7. The highest BCUT2D eigenvalue weighted by Crippen LogP contribution is 2.33. The Bertz CT molecular complexity index is 1140. The molecule has 2 N–H and O–H groups in total. The second kappa shape index (κ2) is 9.71. The summed E-state index contributed by atoms with van der Waals surface area (Å²) in [6.07, 6.45) is 0.852. The number of nitrogens with zero attached hydrogens (tertiary/aromatic N) is 3. The highest BCUT2D eigenvalue weighted by Gasteiger charge is 2.29. The third-order valence-corrected chi connectivity index (χ3v) is 6.93. The van der Waals surface area contributed by atoms with E-state index in [2.05, 4.69) is 45.2 Å². The Morgan fingerprint density at radius 3 is 2.91 bits per heavy atom. The third-order valence-electron chi connectivity index (χ3n) is 6.60. The highest BCUT2D eigenvalue weighted by atomic mass is 35.5. The van der Waals surface area contributed by atoms with Gasteiger partial charge in [0.25, 0.3) is 0 Å². The molecule has 2 aliphatic rings. The summed E-state index contributed by atoms with van der Waals surface area (Å²) in [6, 6.07) is 12.2. The number of hydrogen-bond acceptors (Lipinski definition) is 5. The lowest BCUT2D eigenvalue weighted by molar-refractivity contribution is -0.124. The van der Waals surface area contributed by atoms with Crippen LogP contribution in [-0.4, -0.2) is 73.3 Å². The van der Waals surface area contributed by atoms with Crippen LogP contribution in [0.2, 0.25) is 5.02 Å². The van der Waals surface area contributed by atoms with Crippen molar-refractivity contribution in [2.75, 3.05) is 57.4 Å². The smallest absolute Gasteiger partial charge is 0.225 e. The van der Waals surface area contributed by atoms with Crippen LogP contribution >= 0.6 is 11.6 Å². The Morgan fingerprint density at radius 2 is 2.06 bits per heavy atom. The fraction of sp³-hybridized carbons (Fsp3) is 0.440. The van der Waals surface area contributed by atoms with Crippen LogP contribution in [0.5, 0.6) is 0 Å². The molecule has 1 aromatic heterocycles. The van der Waals surface area contributed by atoms with Crippen LogP contribution in [0.3, 0.4) is 0 Å². The number of aryl methyl sites for hydroxylation is 1. The van der Waals surface area contributed by atoms with E-state index >= 15 is 0 Å². The van der Waals surface area contributed by atoms with Gasteiger partial charge in [-0.25, -0.2) is 4.98 Å². The van der Waals surface area contributed by atoms with Crippen LogP contribution in [0.4, 0.5) is 5.69 Å². The predicted molar refractivity (Wildman–Crippen MR) is 132 cm³/mol. The number of aromatic amines is 1. The van der Waals surface area contributed by atoms with Crippen molar-refractivity contribution in [3.05, 3.63) is 47.0 Å². The Morgan fingerprint density at radius 1 is 1.21 bits per heavy atom. The molecule has 5 rings (SSSR count). The van der Waals surface area contributed by atoms with Crippen molar-refractivity contribution in [1.82, 2.24) is 20.2 Å². The van der Waals surface area contributed by atoms with E-state index in [0.717, 1.165) is 73.9 Å². The number of aromatic nitrogens is 2. The van der Waals surface area contributed by atoms with Gasteiger partial charge in [-0.2, -0.15) is 0 Å². The molecule has 3 aromatic rings. The molecule has 33 heavy (non-hydrogen) atoms. The highest BCUT2D eigenvalue weighted by molar-refractivity contribution is 6.33. The first kappa shape index (κ1) is 22.2. The summed E-state index contributed by atoms with van der Waals surface area (Å²) >= 11 is 6.54. The van der Waals surface area contributed by atoms with Crippen molar-refractivity contribution in [1.29, 1.82) is 0 Å². The maximum Gasteiger partial charge on any atom is 0.225 e. The maximum atomic E-state index is 12.7. The first-order valence-electron chi connectivity index (χ1n) is 11.7. The summed E-state index contributed by atoms with van der Waals surface area (Å²) in [5.41, 5.74) is 5.05. The number of hydrogen-bond donors (Lipinski definition) is 2. The molecule has 0 spiro atoms. The molecule has 2 fully saturated rings. The molecule has 1 amide bonds. The predicted octanol–water partition coefficient (Wildman–Crippen LogP) is 3.47. The van der Waals surface area contributed by atoms with Gasteiger partial charge >= 0.3 is 0 Å². The zero-order valence-electron chi connectivity index (χ0n) is 18.9. The number of ether oxygens (including phenoxy) is 1. The van der Waals surface area contributed by atoms with Gasteiger partial charge in [-0.3, -0.25) is 9.69 Å². The summed E-state index contributed by atoms with van der Waals surface area (Å²) in [7, 11) is 0. The second-order valence-electron chi connectivity index (χ2n) is 8.95. The largest absolute Gasteiger partial charge is 0.379 e. The van der Waals surface area contributed by atoms with E-state index in [9.17, 15) is 4.79 Å². The van der Waals surface area contributed by atoms with Gasteiger partial charge in [-0.05, 0) is 49.2 Å². The Hall–Kier alpha value is -2.61. The molecular weight excluding hydrogens is 438 g/mol. The van der Waals surface area contributed by atoms with Crippen LogP contribution < -0.4 is 10.2 Å². The zero-order valence-corrected chi connectivity index (χ0v) is 19.7. The van der Waals surface area contributed by atoms with E-state index in [1.165, 1.54) is 5.56 Å². The topological polar surface area (TPSA) is 73.5 Å². The van der Waals surface area contributed by atoms with E-state index < -0.39 is 0 Å². The molecule has 0 radical (unpaired) electrons. The number of nitrogens with one attached hydrogen (secondary N) is 2. The summed E-state index contributed by atoms with van der Waals surface area (Å²) in [5.74, 6) is 0.912. The lowest BCUT2D eigenvalue weighted by Crippen LogP contribution is -2.42. The number of amides is 1. The summed E-state index contributed by atoms with van der Waals surface area (Å²) in [6.45, 7) is 8.63. The average molecular weight is 468 g/mol. The van der Waals surface area contributed by atoms with E-state index in [-0.39, 0.29) is 11.8 Å². The number of benzene rings is 2. The Labute approximate surface area is 199 Å². The van der Waals surface area contributed by atoms with Crippen LogP contribution in [0.25, 0.3) is 22.4 Å². The average Bonchev–Trinajstić information content (AvgIpc) is 3.47. The molecule has 0 aliphatic carbocycles. The van der Waals surface area contributed by atoms with Crippen molar-refractivity contribution >= 4 is 34.2 Å². The zero-order chi connectivity index (χ0) is 22.8. The number of imidazole rings is 1. The lowest BCUT2D eigenvalue weighted by Gasteiger charge is -2.26. The van der Waals surface area contributed by atoms with E-state index in [1.807, 2.05) is 18.2 Å². The van der Waals surface area contributed by atoms with Gasteiger partial charge < -0.3 is 19.9 Å². The number of H-pyrrole nitrogens is 1. The molecule has 0 saturated carbocycles. The molecule has 2 saturated heterocycles. The van der Waals surface area contributed by atoms with Crippen molar-refractivity contribution in [3.8, 4) is 11.4 Å². The first-order chi connectivity index (χ1) is 16.1. The van der Waals surface area contributed by atoms with Crippen LogP contribution in [-0.2, 0) is 9.53 Å². The number of carbonyl (C=O) groups excluding carboxylic acids is 1. The minimum Gasteiger partial charge on any atom is -0.379 e. The summed E-state index contributed by atoms with van der Waals surface area (Å²) < 4.78 is 5.38. The minimum absolute atomic E-state index is 0.00277. The number of morpholine rings is 1. The van der Waals surface area contributed by atoms with Gasteiger partial charge in [0, 0.05) is 50.5 Å². The van der Waals surface area contributed by atoms with Crippen molar-refractivity contribution < 1.29 is 9.53 Å². The number of carbonyl (C=O) groups is 1. The SMILES string of the molecule is Cc1ccc2nc(-c3cc(N4CCC(C(=O)NCCN5CCOCC5)C4)ccc3Cl)[nH]c2c1. The molecule has 2 aliphatic heterocycles. The molecule has 1 atom stereocenters. The molecule has 2 aromatic carbocycles. The minimum atomic E-state index is 0.00277. The fourth-order valence-electron chi connectivity index (χ4n) is 4.66. The quantitative estimate of drug-likeness (QED) is 0.580. The van der Waals surface area contributed by atoms with E-state index in [0.29, 0.717) is 18.1 Å². The standard InChI is InChI=1S/C25H30ClN5O2/c1-17-2-5-22-23(14-17)29-24(28-22)20-15-19(3-4-21(20)26)31-8-6-18(16-31)25(32)27-7-9-30-10-12-33-13-11-30/h2-5,14-15,18H,6-13,16H2,1H3,(H,27,32)(H,28,29). The van der Waals surface area contributed by atoms with Gasteiger partial charge in [0.1, 0.15) is 5.82 Å². The number of rotatable bonds is 6. The molecular formula is C25H30ClN5O2. The number of anilines is 1. The number of halogens is 1. The molecule has 1 unspecified atom stereocenters. The Kier molecular flexibility index (Phi) is 6.53. The van der Waals surface area contributed by atoms with Crippen molar-refractivity contribution in [2.24, 2.45) is 5.92 Å². The Balaban J connectivity index is 1.23. The monoisotopic (exact) mass is 467 g/mol. The van der Waals surface area contributed by atoms with Gasteiger partial charge in [-0.1, -0.05) is 17.7 Å². The van der Waals surface area contributed by atoms with Crippen molar-refractivity contribution in [3.63, 3.8) is 0 Å². The summed E-state index contributed by atoms with van der Waals surface area (Å²) in [4.78, 5) is 25.4. The van der Waals surface area contributed by atoms with Gasteiger partial charge in [0.05, 0.1) is 35.2 Å². The fourth-order valence-corrected chi connectivity index (χ4v) is 4.86.